The van der Waals surface area contributed by atoms with Gasteiger partial charge in [-0.25, -0.2) is 8.42 Å². The molecule has 3 amide bonds. The van der Waals surface area contributed by atoms with E-state index in [0.717, 1.165) is 16.9 Å². The molecule has 47 heavy (non-hydrogen) atoms. The summed E-state index contributed by atoms with van der Waals surface area (Å²) in [6.45, 7) is 10.3. The number of sulfonamides is 1. The van der Waals surface area contributed by atoms with Crippen LogP contribution < -0.4 is 16.0 Å². The third kappa shape index (κ3) is 9.94. The molecule has 0 spiro atoms. The van der Waals surface area contributed by atoms with Gasteiger partial charge in [-0.15, -0.1) is 11.3 Å². The number of Topliss-reactive ketones (excluding diaryl/α,β-unsaturated/α-hetero) is 1. The summed E-state index contributed by atoms with van der Waals surface area (Å²) in [6, 6.07) is 9.86. The molecule has 1 aromatic heterocycles. The highest BCUT2D eigenvalue weighted by Crippen LogP contribution is 2.30. The molecule has 2 fully saturated rings. The van der Waals surface area contributed by atoms with Gasteiger partial charge in [0.25, 0.3) is 10.0 Å². The maximum Gasteiger partial charge on any atom is 0.252 e. The first-order chi connectivity index (χ1) is 22.2. The second-order valence-electron chi connectivity index (χ2n) is 13.6. The smallest absolute Gasteiger partial charge is 0.252 e. The predicted octanol–water partition coefficient (Wildman–Crippen LogP) is 3.30. The molecule has 13 heteroatoms. The van der Waals surface area contributed by atoms with E-state index < -0.39 is 51.5 Å². The largest absolute Gasteiger partial charge is 0.361 e. The van der Waals surface area contributed by atoms with Crippen molar-refractivity contribution in [3.8, 4) is 0 Å². The van der Waals surface area contributed by atoms with Crippen molar-refractivity contribution >= 4 is 44.9 Å². The fourth-order valence-corrected chi connectivity index (χ4v) is 8.43. The highest BCUT2D eigenvalue weighted by Gasteiger charge is 2.50. The third-order valence-electron chi connectivity index (χ3n) is 8.61. The van der Waals surface area contributed by atoms with E-state index in [2.05, 4.69) is 16.0 Å². The fourth-order valence-electron chi connectivity index (χ4n) is 5.81. The number of ether oxygens (including phenoxy) is 1. The molecule has 0 aliphatic carbocycles. The van der Waals surface area contributed by atoms with Gasteiger partial charge >= 0.3 is 0 Å². The van der Waals surface area contributed by atoms with Gasteiger partial charge in [-0.1, -0.05) is 64.1 Å². The van der Waals surface area contributed by atoms with Gasteiger partial charge < -0.3 is 20.7 Å². The van der Waals surface area contributed by atoms with Crippen LogP contribution in [0.5, 0.6) is 0 Å². The Labute approximate surface area is 282 Å². The number of benzene rings is 1. The van der Waals surface area contributed by atoms with Gasteiger partial charge in [0.2, 0.25) is 17.7 Å². The fraction of sp³-hybridized carbons (Fsp3) is 0.588. The molecule has 2 aliphatic heterocycles. The highest BCUT2D eigenvalue weighted by atomic mass is 32.2. The Morgan fingerprint density at radius 1 is 0.872 bits per heavy atom. The Hall–Kier alpha value is -3.13. The minimum atomic E-state index is -3.60. The van der Waals surface area contributed by atoms with Crippen LogP contribution in [0, 0.1) is 17.8 Å². The summed E-state index contributed by atoms with van der Waals surface area (Å²) < 4.78 is 32.9. The van der Waals surface area contributed by atoms with Crippen LogP contribution in [0.3, 0.4) is 0 Å². The van der Waals surface area contributed by atoms with Gasteiger partial charge in [0, 0.05) is 25.4 Å². The summed E-state index contributed by atoms with van der Waals surface area (Å²) in [5.41, 5.74) is -0.0898. The van der Waals surface area contributed by atoms with Gasteiger partial charge in [0.1, 0.15) is 21.9 Å². The first-order valence-corrected chi connectivity index (χ1v) is 18.7. The molecule has 0 bridgehead atoms. The first kappa shape index (κ1) is 36.7. The quantitative estimate of drug-likeness (QED) is 0.229. The van der Waals surface area contributed by atoms with Gasteiger partial charge in [-0.05, 0) is 61.5 Å². The molecule has 3 heterocycles. The minimum Gasteiger partial charge on any atom is -0.361 e. The normalized spacial score (nSPS) is 20.7. The highest BCUT2D eigenvalue weighted by molar-refractivity contribution is 7.91. The van der Waals surface area contributed by atoms with E-state index in [9.17, 15) is 27.6 Å². The van der Waals surface area contributed by atoms with Gasteiger partial charge in [0.05, 0.1) is 12.6 Å². The number of hydrogen-bond acceptors (Lipinski definition) is 8. The molecule has 0 unspecified atom stereocenters. The van der Waals surface area contributed by atoms with Crippen molar-refractivity contribution in [2.75, 3.05) is 19.7 Å². The number of nitrogens with zero attached hydrogens (tertiary/aromatic N) is 1. The number of carbonyl (C=O) groups excluding carboxylic acids is 4. The van der Waals surface area contributed by atoms with Gasteiger partial charge in [0.15, 0.2) is 5.78 Å². The van der Waals surface area contributed by atoms with Crippen LogP contribution in [0.4, 0.5) is 0 Å². The standard InChI is InChI=1S/C34H48N4O7S2/c1-22(2)18-26(30(39)34(5)21-45-34)35-33(42)28(20-24-10-7-6-8-11-24)37-32(41)27(19-23(3)4)36-31(40)25-13-15-38(16-14-25)47(43,44)29-12-9-17-46-29/h6-12,17,22-23,25-28H,13-16,18-21H2,1-5H3,(H,35,42)(H,36,40)(H,37,41)/t26-,27-,28-,34+/m0/s1. The third-order valence-corrected chi connectivity index (χ3v) is 11.9. The van der Waals surface area contributed by atoms with E-state index in [1.807, 2.05) is 58.0 Å². The van der Waals surface area contributed by atoms with Gasteiger partial charge in [-0.2, -0.15) is 4.31 Å². The molecule has 2 aliphatic rings. The molecular formula is C34H48N4O7S2. The topological polar surface area (TPSA) is 154 Å². The second-order valence-corrected chi connectivity index (χ2v) is 16.7. The number of rotatable bonds is 16. The molecule has 4 rings (SSSR count). The Bertz CT molecular complexity index is 1480. The number of ketones is 1. The summed E-state index contributed by atoms with van der Waals surface area (Å²) in [7, 11) is -3.60. The lowest BCUT2D eigenvalue weighted by Gasteiger charge is -2.31. The molecule has 4 atom stereocenters. The molecule has 3 N–H and O–H groups in total. The average molecular weight is 689 g/mol. The SMILES string of the molecule is CC(C)C[C@H](NC(=O)C1CCN(S(=O)(=O)c2cccs2)CC1)C(=O)N[C@@H](Cc1ccccc1)C(=O)N[C@@H](CC(C)C)C(=O)[C@@]1(C)CO1. The van der Waals surface area contributed by atoms with Crippen LogP contribution in [0.25, 0.3) is 0 Å². The zero-order valence-corrected chi connectivity index (χ0v) is 29.5. The maximum atomic E-state index is 13.8. The number of epoxide rings is 1. The van der Waals surface area contributed by atoms with E-state index in [1.165, 1.54) is 4.31 Å². The lowest BCUT2D eigenvalue weighted by Crippen LogP contribution is -2.58. The average Bonchev–Trinajstić information content (AvgIpc) is 3.52. The van der Waals surface area contributed by atoms with Crippen molar-refractivity contribution in [1.29, 1.82) is 0 Å². The molecule has 258 valence electrons. The Morgan fingerprint density at radius 3 is 2.00 bits per heavy atom. The van der Waals surface area contributed by atoms with Crippen molar-refractivity contribution in [2.45, 2.75) is 94.7 Å². The van der Waals surface area contributed by atoms with E-state index in [4.69, 9.17) is 4.74 Å². The molecule has 0 radical (unpaired) electrons. The number of thiophene rings is 1. The lowest BCUT2D eigenvalue weighted by atomic mass is 9.93. The van der Waals surface area contributed by atoms with Crippen molar-refractivity contribution < 1.29 is 32.3 Å². The lowest BCUT2D eigenvalue weighted by molar-refractivity contribution is -0.135. The van der Waals surface area contributed by atoms with Crippen LogP contribution >= 0.6 is 11.3 Å². The van der Waals surface area contributed by atoms with Gasteiger partial charge in [-0.3, -0.25) is 19.2 Å². The Morgan fingerprint density at radius 2 is 1.45 bits per heavy atom. The number of carbonyl (C=O) groups is 4. The van der Waals surface area contributed by atoms with Crippen LogP contribution in [0.1, 0.15) is 65.9 Å². The van der Waals surface area contributed by atoms with Crippen LogP contribution in [-0.2, 0) is 40.4 Å². The summed E-state index contributed by atoms with van der Waals surface area (Å²) >= 11 is 1.16. The van der Waals surface area contributed by atoms with Crippen LogP contribution in [0.2, 0.25) is 0 Å². The van der Waals surface area contributed by atoms with Crippen molar-refractivity contribution in [2.24, 2.45) is 17.8 Å². The monoisotopic (exact) mass is 688 g/mol. The maximum absolute atomic E-state index is 13.8. The summed E-state index contributed by atoms with van der Waals surface area (Å²) in [4.78, 5) is 54.2. The van der Waals surface area contributed by atoms with Crippen molar-refractivity contribution in [3.63, 3.8) is 0 Å². The van der Waals surface area contributed by atoms with E-state index in [-0.39, 0.29) is 47.2 Å². The van der Waals surface area contributed by atoms with Crippen LogP contribution in [0.15, 0.2) is 52.1 Å². The molecule has 1 aromatic carbocycles. The first-order valence-electron chi connectivity index (χ1n) is 16.4. The predicted molar refractivity (Wildman–Crippen MR) is 180 cm³/mol. The summed E-state index contributed by atoms with van der Waals surface area (Å²) in [5, 5.41) is 10.4. The molecule has 2 saturated heterocycles. The summed E-state index contributed by atoms with van der Waals surface area (Å²) in [6.07, 6.45) is 1.62. The molecule has 0 saturated carbocycles. The Balaban J connectivity index is 1.45. The molecule has 11 nitrogen and oxygen atoms in total. The molecular weight excluding hydrogens is 641 g/mol. The molecule has 2 aromatic rings. The zero-order valence-electron chi connectivity index (χ0n) is 27.9. The number of hydrogen-bond donors (Lipinski definition) is 3. The van der Waals surface area contributed by atoms with Crippen LogP contribution in [-0.4, -0.2) is 79.7 Å². The second kappa shape index (κ2) is 15.8. The van der Waals surface area contributed by atoms with E-state index >= 15 is 0 Å². The van der Waals surface area contributed by atoms with Crippen molar-refractivity contribution in [3.05, 3.63) is 53.4 Å². The Kier molecular flexibility index (Phi) is 12.4. The van der Waals surface area contributed by atoms with E-state index in [1.54, 1.807) is 24.4 Å². The number of amides is 3. The van der Waals surface area contributed by atoms with E-state index in [0.29, 0.717) is 32.3 Å². The zero-order chi connectivity index (χ0) is 34.4. The number of piperidine rings is 1. The minimum absolute atomic E-state index is 0.0533. The number of nitrogens with one attached hydrogen (secondary N) is 3. The summed E-state index contributed by atoms with van der Waals surface area (Å²) in [5.74, 6) is -1.76. The van der Waals surface area contributed by atoms with Crippen molar-refractivity contribution in [1.82, 2.24) is 20.3 Å².